The largest absolute Gasteiger partial charge is 3.00 e. The molecule has 0 aliphatic carbocycles. The molecule has 0 amide bonds. The van der Waals surface area contributed by atoms with Crippen molar-refractivity contribution in [3.05, 3.63) is 65.7 Å². The zero-order valence-electron chi connectivity index (χ0n) is 17.9. The van der Waals surface area contributed by atoms with Crippen LogP contribution in [-0.2, 0) is 30.9 Å². The van der Waals surface area contributed by atoms with Gasteiger partial charge in [-0.25, -0.2) is 15.0 Å². The minimum Gasteiger partial charge on any atom is -1.00 e. The predicted molar refractivity (Wildman–Crippen MR) is 113 cm³/mol. The first-order valence-electron chi connectivity index (χ1n) is 9.35. The van der Waals surface area contributed by atoms with Crippen LogP contribution in [0, 0.1) is 13.8 Å². The molecule has 5 nitrogen and oxygen atoms in total. The van der Waals surface area contributed by atoms with Crippen molar-refractivity contribution in [1.82, 2.24) is 24.1 Å². The van der Waals surface area contributed by atoms with Crippen LogP contribution < -0.4 is 37.2 Å². The van der Waals surface area contributed by atoms with Gasteiger partial charge in [-0.05, 0) is 61.4 Å². The maximum absolute atomic E-state index is 4.90. The van der Waals surface area contributed by atoms with Gasteiger partial charge in [0, 0.05) is 14.1 Å². The molecule has 168 valence electrons. The molecule has 0 saturated carbocycles. The van der Waals surface area contributed by atoms with Crippen molar-refractivity contribution in [2.24, 2.45) is 14.1 Å². The van der Waals surface area contributed by atoms with Crippen molar-refractivity contribution in [3.8, 4) is 23.0 Å². The zero-order chi connectivity index (χ0) is 19.4. The van der Waals surface area contributed by atoms with Crippen LogP contribution in [0.15, 0.2) is 54.6 Å². The molecule has 5 rings (SSSR count). The van der Waals surface area contributed by atoms with Gasteiger partial charge in [-0.15, -0.1) is 0 Å². The number of aryl methyl sites for hydroxylation is 4. The number of hydrogen-bond acceptors (Lipinski definition) is 3. The maximum atomic E-state index is 4.90. The molecular formula is C23H21Cl3CoN5. The van der Waals surface area contributed by atoms with E-state index in [9.17, 15) is 0 Å². The van der Waals surface area contributed by atoms with Gasteiger partial charge in [-0.1, -0.05) is 18.2 Å². The van der Waals surface area contributed by atoms with Gasteiger partial charge in [0.05, 0.1) is 22.1 Å². The van der Waals surface area contributed by atoms with E-state index in [4.69, 9.17) is 15.0 Å². The number of aromatic nitrogens is 5. The van der Waals surface area contributed by atoms with E-state index < -0.39 is 0 Å². The fourth-order valence-electron chi connectivity index (χ4n) is 3.76. The van der Waals surface area contributed by atoms with Crippen molar-refractivity contribution < 1.29 is 54.0 Å². The Hall–Kier alpha value is -2.09. The van der Waals surface area contributed by atoms with Gasteiger partial charge in [0.15, 0.2) is 11.6 Å². The first-order chi connectivity index (χ1) is 13.5. The minimum atomic E-state index is 0. The van der Waals surface area contributed by atoms with Gasteiger partial charge in [0.25, 0.3) is 0 Å². The first kappa shape index (κ1) is 27.9. The molecular weight excluding hydrogens is 512 g/mol. The van der Waals surface area contributed by atoms with Crippen LogP contribution in [0.1, 0.15) is 11.1 Å². The Bertz CT molecular complexity index is 1280. The SMILES string of the molecule is Cc1ccc2c(c1)nc(-c1cccc(-c3nc4cc(C)ccc4n3C)n1)n2C.[Cl-].[Cl-].[Cl-].[Co+3]. The molecule has 0 aliphatic rings. The molecule has 3 heterocycles. The van der Waals surface area contributed by atoms with Crippen LogP contribution in [0.5, 0.6) is 0 Å². The van der Waals surface area contributed by atoms with E-state index in [2.05, 4.69) is 59.4 Å². The van der Waals surface area contributed by atoms with E-state index in [1.165, 1.54) is 11.1 Å². The second-order valence-electron chi connectivity index (χ2n) is 7.38. The summed E-state index contributed by atoms with van der Waals surface area (Å²) in [5, 5.41) is 0. The molecule has 0 radical (unpaired) electrons. The average Bonchev–Trinajstić information content (AvgIpc) is 3.18. The fraction of sp³-hybridized carbons (Fsp3) is 0.174. The van der Waals surface area contributed by atoms with Crippen molar-refractivity contribution in [3.63, 3.8) is 0 Å². The Morgan fingerprint density at radius 1 is 0.594 bits per heavy atom. The zero-order valence-corrected chi connectivity index (χ0v) is 21.2. The molecule has 9 heteroatoms. The summed E-state index contributed by atoms with van der Waals surface area (Å²) in [6, 6.07) is 18.7. The van der Waals surface area contributed by atoms with Gasteiger partial charge in [0.2, 0.25) is 0 Å². The van der Waals surface area contributed by atoms with Crippen LogP contribution in [0.4, 0.5) is 0 Å². The van der Waals surface area contributed by atoms with Gasteiger partial charge < -0.3 is 46.4 Å². The summed E-state index contributed by atoms with van der Waals surface area (Å²) in [6.07, 6.45) is 0. The molecule has 0 aliphatic heterocycles. The number of halogens is 3. The van der Waals surface area contributed by atoms with Crippen LogP contribution >= 0.6 is 0 Å². The van der Waals surface area contributed by atoms with Crippen LogP contribution in [0.25, 0.3) is 45.1 Å². The second kappa shape index (κ2) is 10.7. The van der Waals surface area contributed by atoms with Gasteiger partial charge in [0.1, 0.15) is 11.4 Å². The summed E-state index contributed by atoms with van der Waals surface area (Å²) in [7, 11) is 4.07. The summed E-state index contributed by atoms with van der Waals surface area (Å²) >= 11 is 0. The molecule has 0 N–H and O–H groups in total. The number of rotatable bonds is 2. The van der Waals surface area contributed by atoms with Crippen molar-refractivity contribution in [1.29, 1.82) is 0 Å². The Morgan fingerprint density at radius 2 is 1.00 bits per heavy atom. The number of benzene rings is 2. The molecule has 2 aromatic carbocycles. The third-order valence-corrected chi connectivity index (χ3v) is 5.28. The Labute approximate surface area is 216 Å². The molecule has 0 unspecified atom stereocenters. The molecule has 32 heavy (non-hydrogen) atoms. The van der Waals surface area contributed by atoms with E-state index >= 15 is 0 Å². The monoisotopic (exact) mass is 531 g/mol. The van der Waals surface area contributed by atoms with E-state index in [0.717, 1.165) is 45.1 Å². The van der Waals surface area contributed by atoms with Gasteiger partial charge in [-0.3, -0.25) is 0 Å². The molecule has 0 bridgehead atoms. The van der Waals surface area contributed by atoms with Crippen molar-refractivity contribution in [2.45, 2.75) is 13.8 Å². The third-order valence-electron chi connectivity index (χ3n) is 5.28. The minimum absolute atomic E-state index is 0. The summed E-state index contributed by atoms with van der Waals surface area (Å²) in [5.41, 5.74) is 8.28. The normalized spacial score (nSPS) is 10.1. The smallest absolute Gasteiger partial charge is 1.00 e. The number of nitrogens with zero attached hydrogens (tertiary/aromatic N) is 5. The van der Waals surface area contributed by atoms with Crippen LogP contribution in [0.3, 0.4) is 0 Å². The van der Waals surface area contributed by atoms with E-state index in [0.29, 0.717) is 0 Å². The number of hydrogen-bond donors (Lipinski definition) is 0. The van der Waals surface area contributed by atoms with Crippen molar-refractivity contribution in [2.75, 3.05) is 0 Å². The Morgan fingerprint density at radius 3 is 1.41 bits per heavy atom. The van der Waals surface area contributed by atoms with E-state index in [1.807, 2.05) is 32.3 Å². The van der Waals surface area contributed by atoms with Gasteiger partial charge >= 0.3 is 16.8 Å². The molecule has 0 atom stereocenters. The van der Waals surface area contributed by atoms with E-state index in [-0.39, 0.29) is 54.0 Å². The molecule has 0 spiro atoms. The van der Waals surface area contributed by atoms with Crippen LogP contribution in [-0.4, -0.2) is 24.1 Å². The molecule has 0 saturated heterocycles. The quantitative estimate of drug-likeness (QED) is 0.232. The molecule has 0 fully saturated rings. The number of fused-ring (bicyclic) bond motifs is 2. The standard InChI is InChI=1S/C23H21N5.3ClH.Co/c1-14-8-10-20-18(12-14)25-22(27(20)3)16-6-5-7-17(24-16)23-26-19-13-15(2)9-11-21(19)28(23)4;;;;/h5-13H,1-4H3;3*1H;/q;;;;+3/p-3. The Balaban J connectivity index is 0.00000128. The maximum Gasteiger partial charge on any atom is 3.00 e. The first-order valence-corrected chi connectivity index (χ1v) is 9.35. The molecule has 5 aromatic rings. The summed E-state index contributed by atoms with van der Waals surface area (Å²) in [4.78, 5) is 14.6. The number of imidazole rings is 2. The van der Waals surface area contributed by atoms with E-state index in [1.54, 1.807) is 0 Å². The third kappa shape index (κ3) is 4.65. The molecule has 3 aromatic heterocycles. The van der Waals surface area contributed by atoms with Crippen molar-refractivity contribution >= 4 is 22.1 Å². The fourth-order valence-corrected chi connectivity index (χ4v) is 3.76. The topological polar surface area (TPSA) is 48.5 Å². The van der Waals surface area contributed by atoms with Gasteiger partial charge in [-0.2, -0.15) is 0 Å². The Kier molecular flexibility index (Phi) is 9.33. The predicted octanol–water partition coefficient (Wildman–Crippen LogP) is -4.18. The summed E-state index contributed by atoms with van der Waals surface area (Å²) < 4.78 is 4.19. The summed E-state index contributed by atoms with van der Waals surface area (Å²) in [6.45, 7) is 4.17. The number of pyridine rings is 1. The summed E-state index contributed by atoms with van der Waals surface area (Å²) in [5.74, 6) is 1.72. The van der Waals surface area contributed by atoms with Crippen LogP contribution in [0.2, 0.25) is 0 Å². The average molecular weight is 533 g/mol. The second-order valence-corrected chi connectivity index (χ2v) is 7.38.